The van der Waals surface area contributed by atoms with Crippen molar-refractivity contribution in [3.8, 4) is 0 Å². The van der Waals surface area contributed by atoms with E-state index in [0.29, 0.717) is 5.92 Å². The Labute approximate surface area is 169 Å². The second-order valence-electron chi connectivity index (χ2n) is 8.89. The Morgan fingerprint density at radius 2 is 1.93 bits per heavy atom. The summed E-state index contributed by atoms with van der Waals surface area (Å²) in [6.07, 6.45) is 5.17. The lowest BCUT2D eigenvalue weighted by Crippen LogP contribution is -2.46. The monoisotopic (exact) mass is 379 g/mol. The summed E-state index contributed by atoms with van der Waals surface area (Å²) in [4.78, 5) is 19.8. The maximum absolute atomic E-state index is 12.7. The number of hydrogen-bond acceptors (Lipinski definition) is 3. The number of carbonyl (C=O) groups excluding carboxylic acids is 1. The highest BCUT2D eigenvalue weighted by Crippen LogP contribution is 2.30. The molecule has 1 aliphatic heterocycles. The number of nitrogens with one attached hydrogen (secondary N) is 1. The van der Waals surface area contributed by atoms with Gasteiger partial charge in [0, 0.05) is 24.7 Å². The van der Waals surface area contributed by atoms with Crippen LogP contribution in [0.15, 0.2) is 54.7 Å². The molecule has 0 aliphatic carbocycles. The molecule has 0 spiro atoms. The molecule has 3 rings (SSSR count). The van der Waals surface area contributed by atoms with Gasteiger partial charge in [0.05, 0.1) is 11.7 Å². The van der Waals surface area contributed by atoms with E-state index in [2.05, 4.69) is 45.5 Å². The zero-order valence-corrected chi connectivity index (χ0v) is 17.4. The van der Waals surface area contributed by atoms with Crippen molar-refractivity contribution in [3.05, 3.63) is 66.0 Å². The van der Waals surface area contributed by atoms with Gasteiger partial charge in [-0.1, -0.05) is 57.2 Å². The summed E-state index contributed by atoms with van der Waals surface area (Å²) < 4.78 is 0. The van der Waals surface area contributed by atoms with Gasteiger partial charge in [0.15, 0.2) is 0 Å². The van der Waals surface area contributed by atoms with Gasteiger partial charge >= 0.3 is 0 Å². The fourth-order valence-electron chi connectivity index (χ4n) is 3.85. The molecule has 1 saturated heterocycles. The molecule has 0 radical (unpaired) electrons. The zero-order chi connectivity index (χ0) is 20.0. The quantitative estimate of drug-likeness (QED) is 0.816. The second kappa shape index (κ2) is 9.33. The number of rotatable bonds is 6. The Bertz CT molecular complexity index is 739. The van der Waals surface area contributed by atoms with Crippen LogP contribution in [0.3, 0.4) is 0 Å². The maximum Gasteiger partial charge on any atom is 0.225 e. The summed E-state index contributed by atoms with van der Waals surface area (Å²) in [5, 5.41) is 3.31. The molecule has 1 amide bonds. The molecule has 4 heteroatoms. The summed E-state index contributed by atoms with van der Waals surface area (Å²) in [6.45, 7) is 9.08. The predicted octanol–water partition coefficient (Wildman–Crippen LogP) is 4.24. The molecule has 4 nitrogen and oxygen atoms in total. The summed E-state index contributed by atoms with van der Waals surface area (Å²) in [5.41, 5.74) is 1.94. The molecule has 0 saturated carbocycles. The van der Waals surface area contributed by atoms with Crippen LogP contribution in [0.2, 0.25) is 0 Å². The number of likely N-dealkylation sites (tertiary alicyclic amines) is 1. The molecule has 2 unspecified atom stereocenters. The number of benzene rings is 1. The molecule has 1 fully saturated rings. The van der Waals surface area contributed by atoms with Crippen molar-refractivity contribution in [1.82, 2.24) is 15.2 Å². The molecule has 1 aromatic heterocycles. The molecular formula is C24H33N3O. The molecule has 2 heterocycles. The predicted molar refractivity (Wildman–Crippen MR) is 114 cm³/mol. The standard InChI is InChI=1S/C24H33N3O/c1-24(2,3)23(28)26-22(21-13-7-8-15-25-21)20-12-9-16-27(18-20)17-14-19-10-5-4-6-11-19/h4-8,10-11,13,15,20,22H,9,12,14,16-18H2,1-3H3,(H,26,28). The van der Waals surface area contributed by atoms with Crippen molar-refractivity contribution in [2.45, 2.75) is 46.1 Å². The van der Waals surface area contributed by atoms with Crippen molar-refractivity contribution >= 4 is 5.91 Å². The number of nitrogens with zero attached hydrogens (tertiary/aromatic N) is 2. The first-order chi connectivity index (χ1) is 13.4. The summed E-state index contributed by atoms with van der Waals surface area (Å²) in [6, 6.07) is 16.6. The van der Waals surface area contributed by atoms with Gasteiger partial charge in [0.2, 0.25) is 5.91 Å². The van der Waals surface area contributed by atoms with Crippen molar-refractivity contribution < 1.29 is 4.79 Å². The van der Waals surface area contributed by atoms with Gasteiger partial charge in [0.25, 0.3) is 0 Å². The number of aromatic nitrogens is 1. The van der Waals surface area contributed by atoms with Crippen LogP contribution in [-0.2, 0) is 11.2 Å². The Kier molecular flexibility index (Phi) is 6.84. The Balaban J connectivity index is 1.69. The zero-order valence-electron chi connectivity index (χ0n) is 17.4. The average molecular weight is 380 g/mol. The lowest BCUT2D eigenvalue weighted by Gasteiger charge is -2.38. The molecule has 28 heavy (non-hydrogen) atoms. The molecule has 1 N–H and O–H groups in total. The summed E-state index contributed by atoms with van der Waals surface area (Å²) in [5.74, 6) is 0.468. The van der Waals surface area contributed by atoms with Crippen LogP contribution in [0.4, 0.5) is 0 Å². The first-order valence-corrected chi connectivity index (χ1v) is 10.4. The molecule has 2 aromatic rings. The lowest BCUT2D eigenvalue weighted by atomic mass is 9.86. The first kappa shape index (κ1) is 20.5. The highest BCUT2D eigenvalue weighted by molar-refractivity contribution is 5.81. The van der Waals surface area contributed by atoms with E-state index in [0.717, 1.165) is 44.6 Å². The van der Waals surface area contributed by atoms with E-state index in [-0.39, 0.29) is 11.9 Å². The average Bonchev–Trinajstić information content (AvgIpc) is 2.71. The maximum atomic E-state index is 12.7. The van der Waals surface area contributed by atoms with E-state index in [1.807, 2.05) is 45.2 Å². The number of pyridine rings is 1. The highest BCUT2D eigenvalue weighted by atomic mass is 16.2. The van der Waals surface area contributed by atoms with Crippen LogP contribution < -0.4 is 5.32 Å². The smallest absolute Gasteiger partial charge is 0.225 e. The fraction of sp³-hybridized carbons (Fsp3) is 0.500. The normalized spacial score (nSPS) is 19.2. The van der Waals surface area contributed by atoms with E-state index >= 15 is 0 Å². The van der Waals surface area contributed by atoms with E-state index < -0.39 is 5.41 Å². The minimum Gasteiger partial charge on any atom is -0.347 e. The Morgan fingerprint density at radius 3 is 2.61 bits per heavy atom. The number of amides is 1. The second-order valence-corrected chi connectivity index (χ2v) is 8.89. The van der Waals surface area contributed by atoms with Gasteiger partial charge < -0.3 is 10.2 Å². The van der Waals surface area contributed by atoms with Crippen LogP contribution in [-0.4, -0.2) is 35.4 Å². The van der Waals surface area contributed by atoms with Gasteiger partial charge in [-0.3, -0.25) is 9.78 Å². The minimum absolute atomic E-state index is 0.0348. The van der Waals surface area contributed by atoms with E-state index in [1.165, 1.54) is 5.56 Å². The summed E-state index contributed by atoms with van der Waals surface area (Å²) >= 11 is 0. The number of hydrogen-bond donors (Lipinski definition) is 1. The van der Waals surface area contributed by atoms with Crippen LogP contribution in [0.5, 0.6) is 0 Å². The van der Waals surface area contributed by atoms with Crippen LogP contribution in [0.1, 0.15) is 50.9 Å². The fourth-order valence-corrected chi connectivity index (χ4v) is 3.85. The van der Waals surface area contributed by atoms with Gasteiger partial charge in [-0.15, -0.1) is 0 Å². The van der Waals surface area contributed by atoms with Gasteiger partial charge in [-0.05, 0) is 49.4 Å². The third kappa shape index (κ3) is 5.65. The van der Waals surface area contributed by atoms with Crippen molar-refractivity contribution in [2.75, 3.05) is 19.6 Å². The van der Waals surface area contributed by atoms with Crippen molar-refractivity contribution in [2.24, 2.45) is 11.3 Å². The Morgan fingerprint density at radius 1 is 1.18 bits per heavy atom. The molecule has 0 bridgehead atoms. The van der Waals surface area contributed by atoms with E-state index in [1.54, 1.807) is 0 Å². The lowest BCUT2D eigenvalue weighted by molar-refractivity contribution is -0.130. The molecule has 1 aliphatic rings. The molecule has 1 aromatic carbocycles. The van der Waals surface area contributed by atoms with Crippen LogP contribution in [0, 0.1) is 11.3 Å². The third-order valence-corrected chi connectivity index (χ3v) is 5.55. The van der Waals surface area contributed by atoms with Crippen LogP contribution in [0.25, 0.3) is 0 Å². The SMILES string of the molecule is CC(C)(C)C(=O)NC(c1ccccn1)C1CCCN(CCc2ccccc2)C1. The van der Waals surface area contributed by atoms with Crippen molar-refractivity contribution in [1.29, 1.82) is 0 Å². The molecular weight excluding hydrogens is 346 g/mol. The molecule has 150 valence electrons. The van der Waals surface area contributed by atoms with E-state index in [4.69, 9.17) is 0 Å². The highest BCUT2D eigenvalue weighted by Gasteiger charge is 2.32. The van der Waals surface area contributed by atoms with Gasteiger partial charge in [0.1, 0.15) is 0 Å². The largest absolute Gasteiger partial charge is 0.347 e. The van der Waals surface area contributed by atoms with Gasteiger partial charge in [-0.2, -0.15) is 0 Å². The van der Waals surface area contributed by atoms with E-state index in [9.17, 15) is 4.79 Å². The first-order valence-electron chi connectivity index (χ1n) is 10.4. The Hall–Kier alpha value is -2.20. The molecule has 2 atom stereocenters. The number of piperidine rings is 1. The minimum atomic E-state index is -0.408. The topological polar surface area (TPSA) is 45.2 Å². The van der Waals surface area contributed by atoms with Crippen LogP contribution >= 0.6 is 0 Å². The summed E-state index contributed by atoms with van der Waals surface area (Å²) in [7, 11) is 0. The van der Waals surface area contributed by atoms with Crippen molar-refractivity contribution in [3.63, 3.8) is 0 Å². The van der Waals surface area contributed by atoms with Gasteiger partial charge in [-0.25, -0.2) is 0 Å². The third-order valence-electron chi connectivity index (χ3n) is 5.55. The number of carbonyl (C=O) groups is 1.